The standard InChI is InChI=1S/C15H23ClFNO2S/c1-10(2)6-12(4)18(5)21(19,20)14-7-11(3)15(17)13(8-14)9-16/h7-8,10,12H,6,9H2,1-5H3. The second-order valence-electron chi connectivity index (χ2n) is 5.85. The lowest BCUT2D eigenvalue weighted by atomic mass is 10.1. The second kappa shape index (κ2) is 7.07. The molecule has 21 heavy (non-hydrogen) atoms. The number of nitrogens with zero attached hydrogens (tertiary/aromatic N) is 1. The van der Waals surface area contributed by atoms with Gasteiger partial charge in [0.15, 0.2) is 0 Å². The van der Waals surface area contributed by atoms with Crippen LogP contribution in [0, 0.1) is 18.7 Å². The van der Waals surface area contributed by atoms with Crippen LogP contribution in [0.5, 0.6) is 0 Å². The number of benzene rings is 1. The third kappa shape index (κ3) is 4.18. The van der Waals surface area contributed by atoms with E-state index in [0.717, 1.165) is 6.42 Å². The van der Waals surface area contributed by atoms with Crippen molar-refractivity contribution in [2.45, 2.75) is 50.9 Å². The van der Waals surface area contributed by atoms with E-state index >= 15 is 0 Å². The van der Waals surface area contributed by atoms with Gasteiger partial charge < -0.3 is 0 Å². The normalized spacial score (nSPS) is 14.0. The summed E-state index contributed by atoms with van der Waals surface area (Å²) in [5, 5.41) is 0. The molecule has 1 atom stereocenters. The lowest BCUT2D eigenvalue weighted by Gasteiger charge is -2.26. The second-order valence-corrected chi connectivity index (χ2v) is 8.11. The number of sulfonamides is 1. The summed E-state index contributed by atoms with van der Waals surface area (Å²) in [7, 11) is -2.09. The van der Waals surface area contributed by atoms with Gasteiger partial charge in [-0.2, -0.15) is 4.31 Å². The van der Waals surface area contributed by atoms with Gasteiger partial charge in [0, 0.05) is 18.7 Å². The van der Waals surface area contributed by atoms with Crippen LogP contribution in [0.15, 0.2) is 17.0 Å². The van der Waals surface area contributed by atoms with Crippen molar-refractivity contribution in [2.24, 2.45) is 5.92 Å². The Labute approximate surface area is 132 Å². The van der Waals surface area contributed by atoms with Crippen LogP contribution in [0.4, 0.5) is 4.39 Å². The van der Waals surface area contributed by atoms with E-state index in [9.17, 15) is 12.8 Å². The molecule has 0 amide bonds. The Balaban J connectivity index is 3.22. The van der Waals surface area contributed by atoms with Gasteiger partial charge in [-0.05, 0) is 43.9 Å². The first-order chi connectivity index (χ1) is 9.61. The molecule has 0 aliphatic heterocycles. The number of halogens is 2. The van der Waals surface area contributed by atoms with E-state index in [1.54, 1.807) is 14.0 Å². The summed E-state index contributed by atoms with van der Waals surface area (Å²) >= 11 is 5.69. The lowest BCUT2D eigenvalue weighted by Crippen LogP contribution is -2.36. The Hall–Kier alpha value is -0.650. The van der Waals surface area contributed by atoms with Gasteiger partial charge in [0.05, 0.1) is 10.8 Å². The maximum atomic E-state index is 13.8. The van der Waals surface area contributed by atoms with Crippen molar-refractivity contribution in [2.75, 3.05) is 7.05 Å². The van der Waals surface area contributed by atoms with Crippen LogP contribution in [0.2, 0.25) is 0 Å². The van der Waals surface area contributed by atoms with Crippen molar-refractivity contribution in [1.29, 1.82) is 0 Å². The summed E-state index contributed by atoms with van der Waals surface area (Å²) < 4.78 is 40.4. The molecule has 0 spiro atoms. The average Bonchev–Trinajstić information content (AvgIpc) is 2.39. The maximum absolute atomic E-state index is 13.8. The molecule has 0 bridgehead atoms. The third-order valence-electron chi connectivity index (χ3n) is 3.56. The van der Waals surface area contributed by atoms with Crippen molar-refractivity contribution in [3.63, 3.8) is 0 Å². The maximum Gasteiger partial charge on any atom is 0.243 e. The Morgan fingerprint density at radius 2 is 1.86 bits per heavy atom. The molecule has 1 aromatic rings. The lowest BCUT2D eigenvalue weighted by molar-refractivity contribution is 0.337. The molecule has 3 nitrogen and oxygen atoms in total. The number of hydrogen-bond donors (Lipinski definition) is 0. The minimum Gasteiger partial charge on any atom is -0.207 e. The molecule has 0 aromatic heterocycles. The first-order valence-corrected chi connectivity index (χ1v) is 8.91. The Bertz CT molecular complexity index is 602. The molecular formula is C15H23ClFNO2S. The monoisotopic (exact) mass is 335 g/mol. The van der Waals surface area contributed by atoms with Gasteiger partial charge in [0.1, 0.15) is 5.82 Å². The SMILES string of the molecule is Cc1cc(S(=O)(=O)N(C)C(C)CC(C)C)cc(CCl)c1F. The molecule has 6 heteroatoms. The largest absolute Gasteiger partial charge is 0.243 e. The van der Waals surface area contributed by atoms with Gasteiger partial charge in [0.2, 0.25) is 10.0 Å². The van der Waals surface area contributed by atoms with Gasteiger partial charge in [-0.15, -0.1) is 11.6 Å². The molecule has 0 fully saturated rings. The van der Waals surface area contributed by atoms with Crippen LogP contribution < -0.4 is 0 Å². The number of alkyl halides is 1. The van der Waals surface area contributed by atoms with E-state index in [4.69, 9.17) is 11.6 Å². The first kappa shape index (κ1) is 18.4. The topological polar surface area (TPSA) is 37.4 Å². The predicted octanol–water partition coefficient (Wildman–Crippen LogP) is 3.93. The minimum absolute atomic E-state index is 0.0543. The molecule has 1 aromatic carbocycles. The number of aryl methyl sites for hydroxylation is 1. The molecule has 0 aliphatic carbocycles. The van der Waals surface area contributed by atoms with E-state index in [1.807, 2.05) is 20.8 Å². The molecule has 0 saturated heterocycles. The van der Waals surface area contributed by atoms with Gasteiger partial charge in [-0.1, -0.05) is 13.8 Å². The highest BCUT2D eigenvalue weighted by atomic mass is 35.5. The molecule has 0 N–H and O–H groups in total. The van der Waals surface area contributed by atoms with E-state index in [2.05, 4.69) is 0 Å². The van der Waals surface area contributed by atoms with Crippen LogP contribution in [0.25, 0.3) is 0 Å². The summed E-state index contributed by atoms with van der Waals surface area (Å²) in [4.78, 5) is 0.0927. The van der Waals surface area contributed by atoms with Crippen molar-refractivity contribution in [3.8, 4) is 0 Å². The van der Waals surface area contributed by atoms with Crippen molar-refractivity contribution in [1.82, 2.24) is 4.31 Å². The quantitative estimate of drug-likeness (QED) is 0.739. The summed E-state index contributed by atoms with van der Waals surface area (Å²) in [6, 6.07) is 2.56. The fourth-order valence-corrected chi connectivity index (χ4v) is 3.99. The Kier molecular flexibility index (Phi) is 6.20. The van der Waals surface area contributed by atoms with Crippen LogP contribution in [-0.2, 0) is 15.9 Å². The van der Waals surface area contributed by atoms with Crippen LogP contribution in [-0.4, -0.2) is 25.8 Å². The number of hydrogen-bond acceptors (Lipinski definition) is 2. The van der Waals surface area contributed by atoms with Crippen molar-refractivity contribution in [3.05, 3.63) is 29.1 Å². The fourth-order valence-electron chi connectivity index (χ4n) is 2.29. The summed E-state index contributed by atoms with van der Waals surface area (Å²) in [5.41, 5.74) is 0.497. The molecule has 0 aliphatic rings. The van der Waals surface area contributed by atoms with Crippen LogP contribution in [0.1, 0.15) is 38.3 Å². The van der Waals surface area contributed by atoms with Crippen molar-refractivity contribution >= 4 is 21.6 Å². The third-order valence-corrected chi connectivity index (χ3v) is 5.80. The molecule has 0 heterocycles. The van der Waals surface area contributed by atoms with E-state index in [0.29, 0.717) is 5.92 Å². The highest BCUT2D eigenvalue weighted by molar-refractivity contribution is 7.89. The highest BCUT2D eigenvalue weighted by Crippen LogP contribution is 2.25. The minimum atomic E-state index is -3.65. The molecule has 120 valence electrons. The highest BCUT2D eigenvalue weighted by Gasteiger charge is 2.27. The van der Waals surface area contributed by atoms with E-state index in [1.165, 1.54) is 16.4 Å². The molecule has 1 rings (SSSR count). The summed E-state index contributed by atoms with van der Waals surface area (Å²) in [6.45, 7) is 7.51. The predicted molar refractivity (Wildman–Crippen MR) is 84.6 cm³/mol. The average molecular weight is 336 g/mol. The number of rotatable bonds is 6. The van der Waals surface area contributed by atoms with E-state index < -0.39 is 15.8 Å². The smallest absolute Gasteiger partial charge is 0.207 e. The Morgan fingerprint density at radius 3 is 2.33 bits per heavy atom. The van der Waals surface area contributed by atoms with Gasteiger partial charge in [-0.25, -0.2) is 12.8 Å². The fraction of sp³-hybridized carbons (Fsp3) is 0.600. The van der Waals surface area contributed by atoms with E-state index in [-0.39, 0.29) is 27.9 Å². The molecule has 0 radical (unpaired) electrons. The van der Waals surface area contributed by atoms with Crippen LogP contribution >= 0.6 is 11.6 Å². The zero-order valence-electron chi connectivity index (χ0n) is 13.2. The first-order valence-electron chi connectivity index (χ1n) is 6.94. The van der Waals surface area contributed by atoms with Gasteiger partial charge in [-0.3, -0.25) is 0 Å². The van der Waals surface area contributed by atoms with Crippen molar-refractivity contribution < 1.29 is 12.8 Å². The van der Waals surface area contributed by atoms with Gasteiger partial charge >= 0.3 is 0 Å². The molecular weight excluding hydrogens is 313 g/mol. The molecule has 0 saturated carbocycles. The summed E-state index contributed by atoms with van der Waals surface area (Å²) in [5.74, 6) is -0.103. The zero-order valence-corrected chi connectivity index (χ0v) is 14.7. The van der Waals surface area contributed by atoms with Gasteiger partial charge in [0.25, 0.3) is 0 Å². The van der Waals surface area contributed by atoms with Crippen LogP contribution in [0.3, 0.4) is 0 Å². The molecule has 1 unspecified atom stereocenters. The Morgan fingerprint density at radius 1 is 1.29 bits per heavy atom. The summed E-state index contributed by atoms with van der Waals surface area (Å²) in [6.07, 6.45) is 0.762. The zero-order chi connectivity index (χ0) is 16.4.